The first-order valence-corrected chi connectivity index (χ1v) is 6.17. The normalized spacial score (nSPS) is 9.85. The molecule has 0 saturated heterocycles. The lowest BCUT2D eigenvalue weighted by Gasteiger charge is -2.28. The second-order valence-electron chi connectivity index (χ2n) is 4.11. The van der Waals surface area contributed by atoms with E-state index in [2.05, 4.69) is 6.58 Å². The van der Waals surface area contributed by atoms with E-state index in [9.17, 15) is 14.7 Å². The lowest BCUT2D eigenvalue weighted by Crippen LogP contribution is -2.45. The van der Waals surface area contributed by atoms with Gasteiger partial charge in [-0.05, 0) is 19.1 Å². The summed E-state index contributed by atoms with van der Waals surface area (Å²) >= 11 is 0. The fraction of sp³-hybridized carbons (Fsp3) is 0.286. The summed E-state index contributed by atoms with van der Waals surface area (Å²) in [6.07, 6.45) is 1.47. The Morgan fingerprint density at radius 3 is 2.60 bits per heavy atom. The predicted molar refractivity (Wildman–Crippen MR) is 75.9 cm³/mol. The predicted octanol–water partition coefficient (Wildman–Crippen LogP) is 1.91. The van der Waals surface area contributed by atoms with E-state index in [0.717, 1.165) is 0 Å². The van der Waals surface area contributed by atoms with Crippen LogP contribution in [0.5, 0.6) is 5.75 Å². The van der Waals surface area contributed by atoms with E-state index in [0.29, 0.717) is 12.2 Å². The van der Waals surface area contributed by atoms with Gasteiger partial charge in [-0.1, -0.05) is 12.1 Å². The van der Waals surface area contributed by atoms with Crippen molar-refractivity contribution in [1.82, 2.24) is 4.90 Å². The molecule has 0 saturated carbocycles. The number of benzene rings is 1. The molecule has 2 amide bonds. The van der Waals surface area contributed by atoms with Crippen LogP contribution in [-0.4, -0.2) is 46.7 Å². The molecule has 0 spiro atoms. The number of carbonyl (C=O) groups excluding carboxylic acids is 1. The third kappa shape index (κ3) is 4.01. The zero-order chi connectivity index (χ0) is 15.1. The molecule has 1 rings (SSSR count). The van der Waals surface area contributed by atoms with Crippen molar-refractivity contribution in [1.29, 1.82) is 0 Å². The maximum absolute atomic E-state index is 12.4. The Morgan fingerprint density at radius 2 is 2.10 bits per heavy atom. The molecule has 6 heteroatoms. The van der Waals surface area contributed by atoms with Crippen molar-refractivity contribution in [2.24, 2.45) is 0 Å². The van der Waals surface area contributed by atoms with Crippen molar-refractivity contribution in [3.05, 3.63) is 36.9 Å². The summed E-state index contributed by atoms with van der Waals surface area (Å²) in [5, 5.41) is 18.3. The maximum Gasteiger partial charge on any atom is 0.325 e. The molecule has 0 aromatic heterocycles. The standard InChI is InChI=1S/C14H18N2O4/c1-3-8-15(10-13(18)19)14(20)16(4-2)11-6-5-7-12(17)9-11/h3,5-7,9,17H,1,4,8,10H2,2H3,(H,18,19). The number of aliphatic carboxylic acids is 1. The molecule has 0 atom stereocenters. The van der Waals surface area contributed by atoms with Crippen LogP contribution in [0.15, 0.2) is 36.9 Å². The molecular formula is C14H18N2O4. The van der Waals surface area contributed by atoms with Crippen LogP contribution in [0.3, 0.4) is 0 Å². The first-order valence-electron chi connectivity index (χ1n) is 6.17. The lowest BCUT2D eigenvalue weighted by molar-refractivity contribution is -0.137. The Morgan fingerprint density at radius 1 is 1.40 bits per heavy atom. The Labute approximate surface area is 117 Å². The Hall–Kier alpha value is -2.50. The van der Waals surface area contributed by atoms with Crippen LogP contribution in [0.25, 0.3) is 0 Å². The smallest absolute Gasteiger partial charge is 0.325 e. The number of rotatable bonds is 6. The number of urea groups is 1. The van der Waals surface area contributed by atoms with E-state index < -0.39 is 18.5 Å². The van der Waals surface area contributed by atoms with Crippen molar-refractivity contribution >= 4 is 17.7 Å². The number of phenols is 1. The first kappa shape index (κ1) is 15.6. The van der Waals surface area contributed by atoms with Crippen molar-refractivity contribution in [2.75, 3.05) is 24.5 Å². The number of carboxylic acids is 1. The zero-order valence-corrected chi connectivity index (χ0v) is 11.3. The lowest BCUT2D eigenvalue weighted by atomic mass is 10.2. The average Bonchev–Trinajstić information content (AvgIpc) is 2.38. The quantitative estimate of drug-likeness (QED) is 0.779. The summed E-state index contributed by atoms with van der Waals surface area (Å²) in [7, 11) is 0. The van der Waals surface area contributed by atoms with Crippen molar-refractivity contribution in [3.63, 3.8) is 0 Å². The highest BCUT2D eigenvalue weighted by Gasteiger charge is 2.22. The second kappa shape index (κ2) is 7.18. The van der Waals surface area contributed by atoms with E-state index in [1.807, 2.05) is 0 Å². The van der Waals surface area contributed by atoms with Crippen LogP contribution in [-0.2, 0) is 4.79 Å². The van der Waals surface area contributed by atoms with Crippen LogP contribution >= 0.6 is 0 Å². The number of anilines is 1. The number of nitrogens with zero attached hydrogens (tertiary/aromatic N) is 2. The molecule has 6 nitrogen and oxygen atoms in total. The van der Waals surface area contributed by atoms with Gasteiger partial charge in [-0.15, -0.1) is 6.58 Å². The van der Waals surface area contributed by atoms with Gasteiger partial charge in [0.15, 0.2) is 0 Å². The minimum atomic E-state index is -1.09. The van der Waals surface area contributed by atoms with Crippen LogP contribution in [0, 0.1) is 0 Å². The van der Waals surface area contributed by atoms with Gasteiger partial charge in [-0.3, -0.25) is 9.69 Å². The van der Waals surface area contributed by atoms with Gasteiger partial charge in [0.05, 0.1) is 0 Å². The van der Waals surface area contributed by atoms with Gasteiger partial charge in [0.25, 0.3) is 0 Å². The average molecular weight is 278 g/mol. The van der Waals surface area contributed by atoms with Crippen molar-refractivity contribution in [3.8, 4) is 5.75 Å². The molecule has 2 N–H and O–H groups in total. The molecule has 0 bridgehead atoms. The maximum atomic E-state index is 12.4. The molecule has 0 aliphatic heterocycles. The van der Waals surface area contributed by atoms with Crippen LogP contribution in [0.2, 0.25) is 0 Å². The molecule has 108 valence electrons. The number of hydrogen-bond acceptors (Lipinski definition) is 3. The highest BCUT2D eigenvalue weighted by Crippen LogP contribution is 2.21. The fourth-order valence-corrected chi connectivity index (χ4v) is 1.79. The van der Waals surface area contributed by atoms with Gasteiger partial charge in [0.1, 0.15) is 12.3 Å². The zero-order valence-electron chi connectivity index (χ0n) is 11.3. The SMILES string of the molecule is C=CCN(CC(=O)O)C(=O)N(CC)c1cccc(O)c1. The molecule has 0 unspecified atom stereocenters. The topological polar surface area (TPSA) is 81.1 Å². The molecule has 0 heterocycles. The minimum absolute atomic E-state index is 0.0438. The number of hydrogen-bond donors (Lipinski definition) is 2. The minimum Gasteiger partial charge on any atom is -0.508 e. The summed E-state index contributed by atoms with van der Waals surface area (Å²) in [6, 6.07) is 5.80. The van der Waals surface area contributed by atoms with Gasteiger partial charge in [-0.25, -0.2) is 4.79 Å². The Balaban J connectivity index is 2.99. The number of phenolic OH excluding ortho intramolecular Hbond substituents is 1. The molecule has 1 aromatic carbocycles. The van der Waals surface area contributed by atoms with Gasteiger partial charge in [0.2, 0.25) is 0 Å². The third-order valence-corrected chi connectivity index (χ3v) is 2.63. The largest absolute Gasteiger partial charge is 0.508 e. The van der Waals surface area contributed by atoms with Crippen LogP contribution < -0.4 is 4.90 Å². The summed E-state index contributed by atoms with van der Waals surface area (Å²) in [6.45, 7) is 5.38. The molecule has 0 fully saturated rings. The number of carbonyl (C=O) groups is 2. The fourth-order valence-electron chi connectivity index (χ4n) is 1.79. The van der Waals surface area contributed by atoms with Crippen molar-refractivity contribution in [2.45, 2.75) is 6.92 Å². The number of carboxylic acid groups (broad SMARTS) is 1. The summed E-state index contributed by atoms with van der Waals surface area (Å²) in [5.41, 5.74) is 0.511. The van der Waals surface area contributed by atoms with Crippen LogP contribution in [0.4, 0.5) is 10.5 Å². The molecule has 0 aliphatic rings. The van der Waals surface area contributed by atoms with Crippen molar-refractivity contribution < 1.29 is 19.8 Å². The molecule has 0 aliphatic carbocycles. The van der Waals surface area contributed by atoms with E-state index >= 15 is 0 Å². The number of aromatic hydroxyl groups is 1. The first-order chi connectivity index (χ1) is 9.49. The Bertz CT molecular complexity index is 502. The highest BCUT2D eigenvalue weighted by molar-refractivity contribution is 5.93. The van der Waals surface area contributed by atoms with Gasteiger partial charge in [-0.2, -0.15) is 0 Å². The summed E-state index contributed by atoms with van der Waals surface area (Å²) in [4.78, 5) is 25.7. The third-order valence-electron chi connectivity index (χ3n) is 2.63. The summed E-state index contributed by atoms with van der Waals surface area (Å²) in [5.74, 6) is -1.05. The summed E-state index contributed by atoms with van der Waals surface area (Å²) < 4.78 is 0. The van der Waals surface area contributed by atoms with E-state index in [1.165, 1.54) is 28.0 Å². The highest BCUT2D eigenvalue weighted by atomic mass is 16.4. The van der Waals surface area contributed by atoms with E-state index in [4.69, 9.17) is 5.11 Å². The van der Waals surface area contributed by atoms with Gasteiger partial charge >= 0.3 is 12.0 Å². The van der Waals surface area contributed by atoms with Gasteiger partial charge < -0.3 is 15.1 Å². The molecule has 1 aromatic rings. The Kier molecular flexibility index (Phi) is 5.58. The van der Waals surface area contributed by atoms with E-state index in [-0.39, 0.29) is 12.3 Å². The second-order valence-corrected chi connectivity index (χ2v) is 4.11. The number of amides is 2. The molecule has 0 radical (unpaired) electrons. The van der Waals surface area contributed by atoms with E-state index in [1.54, 1.807) is 19.1 Å². The molecular weight excluding hydrogens is 260 g/mol. The van der Waals surface area contributed by atoms with Crippen LogP contribution in [0.1, 0.15) is 6.92 Å². The van der Waals surface area contributed by atoms with Gasteiger partial charge in [0, 0.05) is 24.8 Å². The monoisotopic (exact) mass is 278 g/mol. The molecule has 20 heavy (non-hydrogen) atoms.